The van der Waals surface area contributed by atoms with Crippen LogP contribution < -0.4 is 5.32 Å². The van der Waals surface area contributed by atoms with Crippen LogP contribution in [-0.2, 0) is 20.2 Å². The summed E-state index contributed by atoms with van der Waals surface area (Å²) in [5.41, 5.74) is -5.16. The van der Waals surface area contributed by atoms with E-state index in [9.17, 15) is 31.5 Å². The molecule has 2 aromatic rings. The van der Waals surface area contributed by atoms with E-state index < -0.39 is 43.2 Å². The molecular formula is C16H11ClF3NO4S. The zero-order chi connectivity index (χ0) is 19.3. The predicted molar refractivity (Wildman–Crippen MR) is 87.4 cm³/mol. The summed E-state index contributed by atoms with van der Waals surface area (Å²) in [4.78, 5) is 11.8. The molecule has 2 N–H and O–H groups in total. The number of carbonyl (C=O) groups excluding carboxylic acids is 1. The number of nitrogens with one attached hydrogen (secondary N) is 1. The fraction of sp³-hybridized carbons (Fsp3) is 0.188. The number of hydrogen-bond acceptors (Lipinski definition) is 4. The third-order valence-corrected chi connectivity index (χ3v) is 6.42. The summed E-state index contributed by atoms with van der Waals surface area (Å²) in [7, 11) is -4.88. The molecule has 1 amide bonds. The van der Waals surface area contributed by atoms with Crippen LogP contribution in [0.4, 0.5) is 18.9 Å². The van der Waals surface area contributed by atoms with E-state index in [-0.39, 0.29) is 10.7 Å². The van der Waals surface area contributed by atoms with Crippen molar-refractivity contribution < 1.29 is 31.5 Å². The summed E-state index contributed by atoms with van der Waals surface area (Å²) < 4.78 is 67.2. The van der Waals surface area contributed by atoms with Gasteiger partial charge < -0.3 is 10.4 Å². The number of anilines is 1. The molecule has 0 fully saturated rings. The fourth-order valence-corrected chi connectivity index (χ4v) is 4.91. The van der Waals surface area contributed by atoms with Crippen LogP contribution in [0.1, 0.15) is 5.56 Å². The summed E-state index contributed by atoms with van der Waals surface area (Å²) in [6.45, 7) is 0. The molecule has 138 valence electrons. The Hall–Kier alpha value is -2.10. The van der Waals surface area contributed by atoms with Gasteiger partial charge in [0.2, 0.25) is 11.5 Å². The van der Waals surface area contributed by atoms with Gasteiger partial charge in [0.05, 0.1) is 4.90 Å². The third-order valence-electron chi connectivity index (χ3n) is 4.08. The molecule has 2 atom stereocenters. The summed E-state index contributed by atoms with van der Waals surface area (Å²) >= 11 is 5.73. The van der Waals surface area contributed by atoms with E-state index in [1.165, 1.54) is 24.3 Å². The second kappa shape index (κ2) is 5.97. The molecule has 5 nitrogen and oxygen atoms in total. The largest absolute Gasteiger partial charge is 0.423 e. The summed E-state index contributed by atoms with van der Waals surface area (Å²) in [6.07, 6.45) is -5.46. The fourth-order valence-electron chi connectivity index (χ4n) is 2.88. The molecule has 2 unspecified atom stereocenters. The first-order valence-corrected chi connectivity index (χ1v) is 9.11. The maximum Gasteiger partial charge on any atom is 0.423 e. The van der Waals surface area contributed by atoms with Crippen LogP contribution >= 0.6 is 11.6 Å². The molecule has 0 aliphatic carbocycles. The molecule has 0 saturated carbocycles. The van der Waals surface area contributed by atoms with E-state index in [0.717, 1.165) is 24.3 Å². The Bertz CT molecular complexity index is 979. The van der Waals surface area contributed by atoms with Gasteiger partial charge in [-0.2, -0.15) is 13.2 Å². The monoisotopic (exact) mass is 405 g/mol. The van der Waals surface area contributed by atoms with Crippen molar-refractivity contribution >= 4 is 33.0 Å². The average molecular weight is 406 g/mol. The highest BCUT2D eigenvalue weighted by molar-refractivity contribution is 7.93. The first-order chi connectivity index (χ1) is 12.0. The first-order valence-electron chi connectivity index (χ1n) is 7.18. The van der Waals surface area contributed by atoms with Crippen molar-refractivity contribution in [3.63, 3.8) is 0 Å². The summed E-state index contributed by atoms with van der Waals surface area (Å²) in [5.74, 6) is -1.48. The second-order valence-corrected chi connectivity index (χ2v) is 8.15. The molecule has 0 saturated heterocycles. The Morgan fingerprint density at radius 3 is 2.31 bits per heavy atom. The number of hydrogen-bond donors (Lipinski definition) is 2. The Balaban J connectivity index is 2.33. The van der Waals surface area contributed by atoms with Gasteiger partial charge in [-0.1, -0.05) is 29.8 Å². The van der Waals surface area contributed by atoms with Crippen LogP contribution in [0, 0.1) is 0 Å². The molecule has 0 bridgehead atoms. The number of amides is 1. The predicted octanol–water partition coefficient (Wildman–Crippen LogP) is 2.88. The van der Waals surface area contributed by atoms with Gasteiger partial charge in [-0.25, -0.2) is 8.42 Å². The topological polar surface area (TPSA) is 83.5 Å². The van der Waals surface area contributed by atoms with Crippen LogP contribution in [0.15, 0.2) is 53.4 Å². The van der Waals surface area contributed by atoms with E-state index in [1.54, 1.807) is 0 Å². The van der Waals surface area contributed by atoms with Crippen molar-refractivity contribution in [2.75, 3.05) is 5.32 Å². The standard InChI is InChI=1S/C16H11ClF3NO4S/c17-9-6-7-12-11(8-9)15(23,16(18,19)20)13(14(22)21-12)26(24,25)10-4-2-1-3-5-10/h1-8,13,23H,(H,21,22). The lowest BCUT2D eigenvalue weighted by Gasteiger charge is -2.40. The van der Waals surface area contributed by atoms with Crippen LogP contribution in [0.5, 0.6) is 0 Å². The molecule has 1 heterocycles. The molecule has 26 heavy (non-hydrogen) atoms. The SMILES string of the molecule is O=C1Nc2ccc(Cl)cc2C(O)(C(F)(F)F)C1S(=O)(=O)c1ccccc1. The van der Waals surface area contributed by atoms with Crippen LogP contribution in [0.25, 0.3) is 0 Å². The lowest BCUT2D eigenvalue weighted by Crippen LogP contribution is -2.61. The highest BCUT2D eigenvalue weighted by atomic mass is 35.5. The molecule has 1 aliphatic rings. The van der Waals surface area contributed by atoms with Gasteiger partial charge in [0.1, 0.15) is 0 Å². The van der Waals surface area contributed by atoms with E-state index in [0.29, 0.717) is 0 Å². The van der Waals surface area contributed by atoms with Crippen molar-refractivity contribution in [1.29, 1.82) is 0 Å². The van der Waals surface area contributed by atoms with Gasteiger partial charge in [0.15, 0.2) is 15.1 Å². The normalized spacial score (nSPS) is 23.3. The number of sulfone groups is 1. The van der Waals surface area contributed by atoms with Gasteiger partial charge in [0.25, 0.3) is 0 Å². The lowest BCUT2D eigenvalue weighted by atomic mass is 9.84. The zero-order valence-corrected chi connectivity index (χ0v) is 14.4. The van der Waals surface area contributed by atoms with Crippen molar-refractivity contribution in [2.45, 2.75) is 21.9 Å². The van der Waals surface area contributed by atoms with Gasteiger partial charge >= 0.3 is 6.18 Å². The van der Waals surface area contributed by atoms with Gasteiger partial charge in [-0.15, -0.1) is 0 Å². The second-order valence-electron chi connectivity index (χ2n) is 5.68. The number of rotatable bonds is 2. The Kier molecular flexibility index (Phi) is 4.29. The van der Waals surface area contributed by atoms with Gasteiger partial charge in [0, 0.05) is 16.3 Å². The van der Waals surface area contributed by atoms with Crippen LogP contribution in [0.2, 0.25) is 5.02 Å². The summed E-state index contributed by atoms with van der Waals surface area (Å²) in [6, 6.07) is 9.22. The minimum Gasteiger partial charge on any atom is -0.375 e. The zero-order valence-electron chi connectivity index (χ0n) is 12.8. The van der Waals surface area contributed by atoms with E-state index in [4.69, 9.17) is 11.6 Å². The maximum atomic E-state index is 13.9. The van der Waals surface area contributed by atoms with Gasteiger partial charge in [-0.3, -0.25) is 4.79 Å². The third kappa shape index (κ3) is 2.67. The number of alkyl halides is 3. The molecule has 3 rings (SSSR count). The molecule has 0 radical (unpaired) electrons. The summed E-state index contributed by atoms with van der Waals surface area (Å²) in [5, 5.41) is 9.71. The highest BCUT2D eigenvalue weighted by Gasteiger charge is 2.68. The quantitative estimate of drug-likeness (QED) is 0.804. The first kappa shape index (κ1) is 18.7. The van der Waals surface area contributed by atoms with Crippen molar-refractivity contribution in [3.05, 3.63) is 59.1 Å². The minimum absolute atomic E-state index is 0.154. The highest BCUT2D eigenvalue weighted by Crippen LogP contribution is 2.50. The van der Waals surface area contributed by atoms with Gasteiger partial charge in [-0.05, 0) is 30.3 Å². The average Bonchev–Trinajstić information content (AvgIpc) is 2.55. The van der Waals surface area contributed by atoms with Crippen molar-refractivity contribution in [1.82, 2.24) is 0 Å². The Morgan fingerprint density at radius 1 is 1.12 bits per heavy atom. The molecule has 0 aromatic heterocycles. The van der Waals surface area contributed by atoms with E-state index in [2.05, 4.69) is 5.32 Å². The molecule has 1 aliphatic heterocycles. The van der Waals surface area contributed by atoms with E-state index >= 15 is 0 Å². The number of aliphatic hydroxyl groups is 1. The van der Waals surface area contributed by atoms with Crippen LogP contribution in [0.3, 0.4) is 0 Å². The molecular weight excluding hydrogens is 395 g/mol. The Labute approximate surface area is 151 Å². The number of benzene rings is 2. The molecule has 0 spiro atoms. The minimum atomic E-state index is -5.46. The van der Waals surface area contributed by atoms with Crippen molar-refractivity contribution in [3.8, 4) is 0 Å². The Morgan fingerprint density at radius 2 is 1.73 bits per heavy atom. The smallest absolute Gasteiger partial charge is 0.375 e. The number of carbonyl (C=O) groups is 1. The van der Waals surface area contributed by atoms with Crippen LogP contribution in [-0.4, -0.2) is 30.9 Å². The van der Waals surface area contributed by atoms with E-state index in [1.807, 2.05) is 0 Å². The molecule has 10 heteroatoms. The lowest BCUT2D eigenvalue weighted by molar-refractivity contribution is -0.265. The number of fused-ring (bicyclic) bond motifs is 1. The number of halogens is 4. The van der Waals surface area contributed by atoms with Crippen molar-refractivity contribution in [2.24, 2.45) is 0 Å². The molecule has 2 aromatic carbocycles. The maximum absolute atomic E-state index is 13.9.